The molecule has 1 aromatic heterocycles. The Morgan fingerprint density at radius 2 is 2.07 bits per heavy atom. The van der Waals surface area contributed by atoms with E-state index in [0.29, 0.717) is 12.2 Å². The van der Waals surface area contributed by atoms with Crippen LogP contribution in [0, 0.1) is 13.8 Å². The molecule has 0 aromatic carbocycles. The van der Waals surface area contributed by atoms with Crippen LogP contribution in [-0.2, 0) is 4.74 Å². The lowest BCUT2D eigenvalue weighted by atomic mass is 10.1. The fourth-order valence-corrected chi connectivity index (χ4v) is 2.45. The largest absolute Gasteiger partial charge is 0.462 e. The van der Waals surface area contributed by atoms with Crippen LogP contribution in [0.15, 0.2) is 6.58 Å². The molecular formula is C12H16O2S. The summed E-state index contributed by atoms with van der Waals surface area (Å²) in [4.78, 5) is 13.8. The molecule has 0 saturated carbocycles. The molecule has 1 aromatic rings. The van der Waals surface area contributed by atoms with Gasteiger partial charge in [-0.3, -0.25) is 0 Å². The number of ether oxygens (including phenoxy) is 1. The van der Waals surface area contributed by atoms with Gasteiger partial charge in [-0.05, 0) is 38.8 Å². The monoisotopic (exact) mass is 224 g/mol. The second kappa shape index (κ2) is 4.62. The minimum atomic E-state index is -0.239. The predicted octanol–water partition coefficient (Wildman–Crippen LogP) is 3.57. The number of esters is 1. The third-order valence-electron chi connectivity index (χ3n) is 2.25. The molecule has 0 aliphatic heterocycles. The molecule has 0 unspecified atom stereocenters. The van der Waals surface area contributed by atoms with Gasteiger partial charge in [-0.1, -0.05) is 6.58 Å². The number of allylic oxidation sites excluding steroid dienone is 1. The van der Waals surface area contributed by atoms with Gasteiger partial charge in [0.15, 0.2) is 0 Å². The van der Waals surface area contributed by atoms with Crippen molar-refractivity contribution >= 4 is 22.9 Å². The van der Waals surface area contributed by atoms with Crippen LogP contribution >= 0.6 is 11.3 Å². The van der Waals surface area contributed by atoms with Crippen LogP contribution in [0.1, 0.15) is 39.5 Å². The SMILES string of the molecule is C=C(C)c1sc(C)c(C)c1C(=O)OCC. The Hall–Kier alpha value is -1.09. The average molecular weight is 224 g/mol. The molecule has 0 spiro atoms. The van der Waals surface area contributed by atoms with E-state index in [4.69, 9.17) is 4.74 Å². The van der Waals surface area contributed by atoms with E-state index in [1.165, 1.54) is 0 Å². The highest BCUT2D eigenvalue weighted by molar-refractivity contribution is 7.13. The molecular weight excluding hydrogens is 208 g/mol. The van der Waals surface area contributed by atoms with Crippen molar-refractivity contribution in [1.29, 1.82) is 0 Å². The lowest BCUT2D eigenvalue weighted by Crippen LogP contribution is -2.07. The van der Waals surface area contributed by atoms with Gasteiger partial charge in [0.05, 0.1) is 12.2 Å². The molecule has 1 heterocycles. The fraction of sp³-hybridized carbons (Fsp3) is 0.417. The van der Waals surface area contributed by atoms with Gasteiger partial charge >= 0.3 is 5.97 Å². The maximum atomic E-state index is 11.7. The summed E-state index contributed by atoms with van der Waals surface area (Å²) in [7, 11) is 0. The molecule has 82 valence electrons. The minimum Gasteiger partial charge on any atom is -0.462 e. The molecule has 1 rings (SSSR count). The summed E-state index contributed by atoms with van der Waals surface area (Å²) < 4.78 is 5.04. The molecule has 0 bridgehead atoms. The molecule has 3 heteroatoms. The second-order valence-corrected chi connectivity index (χ2v) is 4.71. The van der Waals surface area contributed by atoms with E-state index in [1.807, 2.05) is 27.7 Å². The van der Waals surface area contributed by atoms with Crippen molar-refractivity contribution in [2.75, 3.05) is 6.61 Å². The summed E-state index contributed by atoms with van der Waals surface area (Å²) in [6.45, 7) is 12.0. The first-order valence-corrected chi connectivity index (χ1v) is 5.73. The molecule has 0 radical (unpaired) electrons. The van der Waals surface area contributed by atoms with E-state index < -0.39 is 0 Å². The summed E-state index contributed by atoms with van der Waals surface area (Å²) in [5.74, 6) is -0.239. The first-order chi connectivity index (χ1) is 6.99. The van der Waals surface area contributed by atoms with Crippen LogP contribution in [0.4, 0.5) is 0 Å². The van der Waals surface area contributed by atoms with Crippen molar-refractivity contribution in [3.05, 3.63) is 27.5 Å². The summed E-state index contributed by atoms with van der Waals surface area (Å²) >= 11 is 1.60. The van der Waals surface area contributed by atoms with Gasteiger partial charge in [0, 0.05) is 9.75 Å². The van der Waals surface area contributed by atoms with Crippen LogP contribution < -0.4 is 0 Å². The van der Waals surface area contributed by atoms with Crippen molar-refractivity contribution in [2.45, 2.75) is 27.7 Å². The number of thiophene rings is 1. The van der Waals surface area contributed by atoms with Crippen LogP contribution in [0.3, 0.4) is 0 Å². The smallest absolute Gasteiger partial charge is 0.339 e. The number of hydrogen-bond donors (Lipinski definition) is 0. The molecule has 0 atom stereocenters. The molecule has 0 saturated heterocycles. The highest BCUT2D eigenvalue weighted by atomic mass is 32.1. The van der Waals surface area contributed by atoms with Crippen molar-refractivity contribution in [3.8, 4) is 0 Å². The van der Waals surface area contributed by atoms with E-state index in [0.717, 1.165) is 20.9 Å². The van der Waals surface area contributed by atoms with E-state index in [-0.39, 0.29) is 5.97 Å². The first kappa shape index (κ1) is 12.0. The lowest BCUT2D eigenvalue weighted by Gasteiger charge is -2.04. The van der Waals surface area contributed by atoms with Gasteiger partial charge in [-0.15, -0.1) is 11.3 Å². The van der Waals surface area contributed by atoms with Crippen LogP contribution in [0.5, 0.6) is 0 Å². The number of aryl methyl sites for hydroxylation is 1. The Morgan fingerprint density at radius 1 is 1.47 bits per heavy atom. The Bertz CT molecular complexity index is 402. The van der Waals surface area contributed by atoms with E-state index in [1.54, 1.807) is 11.3 Å². The number of hydrogen-bond acceptors (Lipinski definition) is 3. The summed E-state index contributed by atoms with van der Waals surface area (Å²) in [5.41, 5.74) is 2.61. The number of carbonyl (C=O) groups excluding carboxylic acids is 1. The molecule has 0 amide bonds. The molecule has 0 N–H and O–H groups in total. The maximum Gasteiger partial charge on any atom is 0.339 e. The average Bonchev–Trinajstić information content (AvgIpc) is 2.44. The van der Waals surface area contributed by atoms with E-state index in [9.17, 15) is 4.79 Å². The first-order valence-electron chi connectivity index (χ1n) is 4.92. The Morgan fingerprint density at radius 3 is 2.53 bits per heavy atom. The topological polar surface area (TPSA) is 26.3 Å². The molecule has 0 aliphatic carbocycles. The highest BCUT2D eigenvalue weighted by Gasteiger charge is 2.20. The molecule has 0 aliphatic rings. The number of rotatable bonds is 3. The van der Waals surface area contributed by atoms with Crippen molar-refractivity contribution in [2.24, 2.45) is 0 Å². The Labute approximate surface area is 94.6 Å². The van der Waals surface area contributed by atoms with E-state index >= 15 is 0 Å². The zero-order chi connectivity index (χ0) is 11.6. The maximum absolute atomic E-state index is 11.7. The van der Waals surface area contributed by atoms with Gasteiger partial charge in [-0.25, -0.2) is 4.79 Å². The van der Waals surface area contributed by atoms with Crippen molar-refractivity contribution < 1.29 is 9.53 Å². The third-order valence-corrected chi connectivity index (χ3v) is 3.62. The normalized spacial score (nSPS) is 10.1. The summed E-state index contributed by atoms with van der Waals surface area (Å²) in [6.07, 6.45) is 0. The summed E-state index contributed by atoms with van der Waals surface area (Å²) in [5, 5.41) is 0. The number of carbonyl (C=O) groups is 1. The highest BCUT2D eigenvalue weighted by Crippen LogP contribution is 2.32. The molecule has 15 heavy (non-hydrogen) atoms. The van der Waals surface area contributed by atoms with Crippen LogP contribution in [-0.4, -0.2) is 12.6 Å². The van der Waals surface area contributed by atoms with Crippen molar-refractivity contribution in [1.82, 2.24) is 0 Å². The zero-order valence-electron chi connectivity index (χ0n) is 9.64. The van der Waals surface area contributed by atoms with Crippen LogP contribution in [0.2, 0.25) is 0 Å². The van der Waals surface area contributed by atoms with Gasteiger partial charge in [0.1, 0.15) is 0 Å². The third kappa shape index (κ3) is 2.29. The van der Waals surface area contributed by atoms with Gasteiger partial charge < -0.3 is 4.74 Å². The van der Waals surface area contributed by atoms with Gasteiger partial charge in [0.25, 0.3) is 0 Å². The lowest BCUT2D eigenvalue weighted by molar-refractivity contribution is 0.0526. The van der Waals surface area contributed by atoms with Crippen molar-refractivity contribution in [3.63, 3.8) is 0 Å². The fourth-order valence-electron chi connectivity index (χ4n) is 1.38. The van der Waals surface area contributed by atoms with Crippen LogP contribution in [0.25, 0.3) is 5.57 Å². The van der Waals surface area contributed by atoms with Gasteiger partial charge in [0.2, 0.25) is 0 Å². The Kier molecular flexibility index (Phi) is 3.69. The standard InChI is InChI=1S/C12H16O2S/c1-6-14-12(13)10-8(4)9(5)15-11(10)7(2)3/h2,6H2,1,3-5H3. The van der Waals surface area contributed by atoms with Gasteiger partial charge in [-0.2, -0.15) is 0 Å². The Balaban J connectivity index is 3.25. The predicted molar refractivity (Wildman–Crippen MR) is 64.5 cm³/mol. The molecule has 2 nitrogen and oxygen atoms in total. The minimum absolute atomic E-state index is 0.239. The van der Waals surface area contributed by atoms with E-state index in [2.05, 4.69) is 6.58 Å². The summed E-state index contributed by atoms with van der Waals surface area (Å²) in [6, 6.07) is 0. The molecule has 0 fully saturated rings. The quantitative estimate of drug-likeness (QED) is 0.734. The zero-order valence-corrected chi connectivity index (χ0v) is 10.5. The second-order valence-electron chi connectivity index (χ2n) is 3.49.